The smallest absolute Gasteiger partial charge is 0.358 e. The van der Waals surface area contributed by atoms with Gasteiger partial charge in [0, 0.05) is 39.0 Å². The number of carbonyl (C=O) groups is 1. The fourth-order valence-electron chi connectivity index (χ4n) is 2.42. The van der Waals surface area contributed by atoms with Crippen LogP contribution in [-0.2, 0) is 11.3 Å². The summed E-state index contributed by atoms with van der Waals surface area (Å²) >= 11 is 0. The predicted octanol–water partition coefficient (Wildman–Crippen LogP) is 0.440. The summed E-state index contributed by atoms with van der Waals surface area (Å²) < 4.78 is 1.64. The van der Waals surface area contributed by atoms with E-state index in [4.69, 9.17) is 5.73 Å². The van der Waals surface area contributed by atoms with E-state index >= 15 is 0 Å². The predicted molar refractivity (Wildman–Crippen MR) is 72.0 cm³/mol. The van der Waals surface area contributed by atoms with Crippen molar-refractivity contribution in [2.75, 3.05) is 13.1 Å². The van der Waals surface area contributed by atoms with Gasteiger partial charge in [-0.2, -0.15) is 0 Å². The van der Waals surface area contributed by atoms with E-state index in [2.05, 4.69) is 4.98 Å². The number of hydrogen-bond acceptors (Lipinski definition) is 5. The Morgan fingerprint density at radius 1 is 1.65 bits per heavy atom. The maximum absolute atomic E-state index is 12.1. The lowest BCUT2D eigenvalue weighted by molar-refractivity contribution is -0.389. The zero-order valence-electron chi connectivity index (χ0n) is 11.5. The van der Waals surface area contributed by atoms with E-state index in [0.29, 0.717) is 25.3 Å². The molecule has 2 rings (SSSR count). The Morgan fingerprint density at radius 3 is 3.00 bits per heavy atom. The average molecular weight is 281 g/mol. The van der Waals surface area contributed by atoms with Crippen LogP contribution in [0.3, 0.4) is 0 Å². The number of aromatic nitrogens is 2. The lowest BCUT2D eigenvalue weighted by Crippen LogP contribution is -2.45. The molecule has 1 amide bonds. The SMILES string of the molecule is Cc1nc([N+](=O)[O-])cn1CCC(=O)N1CCCC(N)C1. The van der Waals surface area contributed by atoms with Gasteiger partial charge in [-0.25, -0.2) is 0 Å². The van der Waals surface area contributed by atoms with Crippen molar-refractivity contribution in [3.05, 3.63) is 22.1 Å². The lowest BCUT2D eigenvalue weighted by atomic mass is 10.1. The minimum absolute atomic E-state index is 0.0379. The first-order chi connectivity index (χ1) is 9.47. The lowest BCUT2D eigenvalue weighted by Gasteiger charge is -2.30. The number of carbonyl (C=O) groups excluding carboxylic acids is 1. The molecule has 1 aliphatic heterocycles. The third-order valence-corrected chi connectivity index (χ3v) is 3.53. The van der Waals surface area contributed by atoms with Gasteiger partial charge in [0.05, 0.1) is 0 Å². The number of aryl methyl sites for hydroxylation is 2. The molecule has 8 nitrogen and oxygen atoms in total. The van der Waals surface area contributed by atoms with Crippen molar-refractivity contribution in [1.82, 2.24) is 14.5 Å². The molecule has 0 bridgehead atoms. The first-order valence-corrected chi connectivity index (χ1v) is 6.69. The highest BCUT2D eigenvalue weighted by Gasteiger charge is 2.22. The van der Waals surface area contributed by atoms with Crippen molar-refractivity contribution >= 4 is 11.7 Å². The van der Waals surface area contributed by atoms with Gasteiger partial charge in [0.2, 0.25) is 11.7 Å². The zero-order chi connectivity index (χ0) is 14.7. The summed E-state index contributed by atoms with van der Waals surface area (Å²) in [7, 11) is 0. The summed E-state index contributed by atoms with van der Waals surface area (Å²) in [6.45, 7) is 3.43. The summed E-state index contributed by atoms with van der Waals surface area (Å²) in [5, 5.41) is 10.6. The van der Waals surface area contributed by atoms with Gasteiger partial charge in [-0.1, -0.05) is 0 Å². The molecule has 1 saturated heterocycles. The van der Waals surface area contributed by atoms with Gasteiger partial charge in [-0.15, -0.1) is 0 Å². The van der Waals surface area contributed by atoms with E-state index in [-0.39, 0.29) is 17.8 Å². The van der Waals surface area contributed by atoms with Crippen molar-refractivity contribution in [3.8, 4) is 0 Å². The highest BCUT2D eigenvalue weighted by molar-refractivity contribution is 5.76. The molecule has 0 aromatic carbocycles. The zero-order valence-corrected chi connectivity index (χ0v) is 11.5. The van der Waals surface area contributed by atoms with Crippen LogP contribution in [0, 0.1) is 17.0 Å². The fourth-order valence-corrected chi connectivity index (χ4v) is 2.42. The first kappa shape index (κ1) is 14.4. The molecular formula is C12H19N5O3. The van der Waals surface area contributed by atoms with Crippen LogP contribution in [0.2, 0.25) is 0 Å². The van der Waals surface area contributed by atoms with E-state index < -0.39 is 4.92 Å². The summed E-state index contributed by atoms with van der Waals surface area (Å²) in [5.74, 6) is 0.394. The molecule has 0 radical (unpaired) electrons. The summed E-state index contributed by atoms with van der Waals surface area (Å²) in [6.07, 6.45) is 3.56. The van der Waals surface area contributed by atoms with Gasteiger partial charge in [-0.05, 0) is 22.7 Å². The number of likely N-dealkylation sites (tertiary alicyclic amines) is 1. The van der Waals surface area contributed by atoms with Crippen LogP contribution in [-0.4, -0.2) is 44.4 Å². The minimum Gasteiger partial charge on any atom is -0.358 e. The number of amides is 1. The number of rotatable bonds is 4. The molecule has 1 aromatic rings. The van der Waals surface area contributed by atoms with Crippen molar-refractivity contribution in [3.63, 3.8) is 0 Å². The molecule has 1 fully saturated rings. The second-order valence-corrected chi connectivity index (χ2v) is 5.09. The van der Waals surface area contributed by atoms with Crippen LogP contribution in [0.4, 0.5) is 5.82 Å². The molecule has 1 aliphatic rings. The number of nitro groups is 1. The molecule has 1 atom stereocenters. The third-order valence-electron chi connectivity index (χ3n) is 3.53. The van der Waals surface area contributed by atoms with E-state index in [1.54, 1.807) is 16.4 Å². The molecule has 8 heteroatoms. The number of nitrogens with two attached hydrogens (primary N) is 1. The Morgan fingerprint density at radius 2 is 2.40 bits per heavy atom. The van der Waals surface area contributed by atoms with Crippen LogP contribution in [0.25, 0.3) is 0 Å². The number of hydrogen-bond donors (Lipinski definition) is 1. The van der Waals surface area contributed by atoms with Gasteiger partial charge in [0.1, 0.15) is 6.20 Å². The Kier molecular flexibility index (Phi) is 4.33. The van der Waals surface area contributed by atoms with Gasteiger partial charge in [0.15, 0.2) is 0 Å². The van der Waals surface area contributed by atoms with Crippen LogP contribution in [0.15, 0.2) is 6.20 Å². The monoisotopic (exact) mass is 281 g/mol. The van der Waals surface area contributed by atoms with Gasteiger partial charge in [-0.3, -0.25) is 4.79 Å². The normalized spacial score (nSPS) is 19.1. The topological polar surface area (TPSA) is 107 Å². The van der Waals surface area contributed by atoms with Crippen LogP contribution in [0.1, 0.15) is 25.1 Å². The standard InChI is InChI=1S/C12H19N5O3/c1-9-14-11(17(19)20)8-15(9)6-4-12(18)16-5-2-3-10(13)7-16/h8,10H,2-7,13H2,1H3. The quantitative estimate of drug-likeness (QED) is 0.636. The minimum atomic E-state index is -0.533. The number of piperidine rings is 1. The van der Waals surface area contributed by atoms with Gasteiger partial charge >= 0.3 is 5.82 Å². The summed E-state index contributed by atoms with van der Waals surface area (Å²) in [5.41, 5.74) is 5.85. The molecule has 1 unspecified atom stereocenters. The van der Waals surface area contributed by atoms with Gasteiger partial charge < -0.3 is 25.3 Å². The van der Waals surface area contributed by atoms with E-state index in [1.165, 1.54) is 6.20 Å². The molecule has 1 aromatic heterocycles. The Labute approximate surface area is 116 Å². The molecule has 2 N–H and O–H groups in total. The number of imidazole rings is 1. The molecule has 0 spiro atoms. The molecular weight excluding hydrogens is 262 g/mol. The Balaban J connectivity index is 1.91. The van der Waals surface area contributed by atoms with Crippen molar-refractivity contribution in [2.45, 2.75) is 38.8 Å². The van der Waals surface area contributed by atoms with Crippen molar-refractivity contribution in [2.24, 2.45) is 5.73 Å². The fraction of sp³-hybridized carbons (Fsp3) is 0.667. The highest BCUT2D eigenvalue weighted by Crippen LogP contribution is 2.13. The van der Waals surface area contributed by atoms with Gasteiger partial charge in [0.25, 0.3) is 0 Å². The number of nitrogens with zero attached hydrogens (tertiary/aromatic N) is 4. The third kappa shape index (κ3) is 3.32. The van der Waals surface area contributed by atoms with Crippen LogP contribution in [0.5, 0.6) is 0 Å². The summed E-state index contributed by atoms with van der Waals surface area (Å²) in [6, 6.07) is 0.0590. The van der Waals surface area contributed by atoms with Crippen LogP contribution >= 0.6 is 0 Å². The summed E-state index contributed by atoms with van der Waals surface area (Å²) in [4.78, 5) is 27.8. The van der Waals surface area contributed by atoms with E-state index in [0.717, 1.165) is 19.4 Å². The molecule has 20 heavy (non-hydrogen) atoms. The Hall–Kier alpha value is -1.96. The largest absolute Gasteiger partial charge is 0.381 e. The molecule has 0 saturated carbocycles. The Bertz CT molecular complexity index is 513. The molecule has 2 heterocycles. The van der Waals surface area contributed by atoms with Crippen molar-refractivity contribution < 1.29 is 9.72 Å². The average Bonchev–Trinajstić information content (AvgIpc) is 2.77. The molecule has 0 aliphatic carbocycles. The first-order valence-electron chi connectivity index (χ1n) is 6.69. The van der Waals surface area contributed by atoms with E-state index in [9.17, 15) is 14.9 Å². The second-order valence-electron chi connectivity index (χ2n) is 5.09. The molecule has 110 valence electrons. The van der Waals surface area contributed by atoms with E-state index in [1.807, 2.05) is 0 Å². The maximum Gasteiger partial charge on any atom is 0.381 e. The van der Waals surface area contributed by atoms with Crippen LogP contribution < -0.4 is 5.73 Å². The maximum atomic E-state index is 12.1. The second kappa shape index (κ2) is 6.00. The highest BCUT2D eigenvalue weighted by atomic mass is 16.6. The van der Waals surface area contributed by atoms with Crippen molar-refractivity contribution in [1.29, 1.82) is 0 Å².